The Kier molecular flexibility index (Phi) is 6.84. The first kappa shape index (κ1) is 17.2. The van der Waals surface area contributed by atoms with Crippen molar-refractivity contribution in [3.8, 4) is 17.2 Å². The number of nitrogens with zero attached hydrogens (tertiary/aromatic N) is 1. The molecular formula is C17H27N3O3. The van der Waals surface area contributed by atoms with Crippen molar-refractivity contribution in [3.63, 3.8) is 0 Å². The van der Waals surface area contributed by atoms with Crippen LogP contribution in [-0.2, 0) is 0 Å². The van der Waals surface area contributed by atoms with Crippen molar-refractivity contribution in [2.45, 2.75) is 27.2 Å². The molecule has 0 amide bonds. The molecule has 0 bridgehead atoms. The number of benzene rings is 1. The maximum atomic E-state index is 5.72. The molecule has 0 saturated carbocycles. The molecule has 0 unspecified atom stereocenters. The minimum Gasteiger partial charge on any atom is -0.492 e. The fourth-order valence-electron chi connectivity index (χ4n) is 2.08. The Balaban J connectivity index is 1.72. The van der Waals surface area contributed by atoms with Gasteiger partial charge >= 0.3 is 0 Å². The van der Waals surface area contributed by atoms with E-state index in [1.54, 1.807) is 0 Å². The van der Waals surface area contributed by atoms with Crippen LogP contribution in [0.5, 0.6) is 17.2 Å². The number of aliphatic imine (C=N–C) groups is 1. The molecule has 128 valence electrons. The summed E-state index contributed by atoms with van der Waals surface area (Å²) in [6, 6.07) is 5.60. The van der Waals surface area contributed by atoms with Crippen LogP contribution in [0.3, 0.4) is 0 Å². The van der Waals surface area contributed by atoms with Gasteiger partial charge in [-0.2, -0.15) is 0 Å². The van der Waals surface area contributed by atoms with Crippen LogP contribution >= 0.6 is 0 Å². The van der Waals surface area contributed by atoms with Crippen LogP contribution in [0, 0.1) is 5.92 Å². The molecule has 2 N–H and O–H groups in total. The highest BCUT2D eigenvalue weighted by Gasteiger charge is 2.13. The number of fused-ring (bicyclic) bond motifs is 1. The third-order valence-electron chi connectivity index (χ3n) is 3.33. The average Bonchev–Trinajstić information content (AvgIpc) is 2.98. The van der Waals surface area contributed by atoms with Gasteiger partial charge in [0, 0.05) is 19.2 Å². The van der Waals surface area contributed by atoms with Gasteiger partial charge in [-0.1, -0.05) is 13.8 Å². The van der Waals surface area contributed by atoms with Gasteiger partial charge in [-0.05, 0) is 31.4 Å². The highest BCUT2D eigenvalue weighted by Crippen LogP contribution is 2.34. The third kappa shape index (κ3) is 5.88. The van der Waals surface area contributed by atoms with Crippen molar-refractivity contribution < 1.29 is 14.2 Å². The zero-order valence-corrected chi connectivity index (χ0v) is 14.2. The molecule has 0 spiro atoms. The van der Waals surface area contributed by atoms with E-state index in [1.165, 1.54) is 0 Å². The van der Waals surface area contributed by atoms with E-state index in [0.717, 1.165) is 42.7 Å². The number of nitrogens with one attached hydrogen (secondary N) is 2. The lowest BCUT2D eigenvalue weighted by atomic mass is 10.1. The molecule has 0 aromatic heterocycles. The van der Waals surface area contributed by atoms with Gasteiger partial charge in [0.25, 0.3) is 0 Å². The number of hydrogen-bond donors (Lipinski definition) is 2. The van der Waals surface area contributed by atoms with Crippen LogP contribution in [-0.4, -0.2) is 39.0 Å². The quantitative estimate of drug-likeness (QED) is 0.437. The van der Waals surface area contributed by atoms with Gasteiger partial charge in [-0.3, -0.25) is 4.99 Å². The normalized spacial score (nSPS) is 13.3. The van der Waals surface area contributed by atoms with Crippen LogP contribution in [0.1, 0.15) is 27.2 Å². The summed E-state index contributed by atoms with van der Waals surface area (Å²) in [4.78, 5) is 4.55. The summed E-state index contributed by atoms with van der Waals surface area (Å²) < 4.78 is 16.3. The molecule has 23 heavy (non-hydrogen) atoms. The van der Waals surface area contributed by atoms with E-state index in [4.69, 9.17) is 14.2 Å². The Labute approximate surface area is 138 Å². The van der Waals surface area contributed by atoms with Crippen molar-refractivity contribution in [2.24, 2.45) is 10.9 Å². The lowest BCUT2D eigenvalue weighted by molar-refractivity contribution is 0.173. The van der Waals surface area contributed by atoms with Gasteiger partial charge in [0.2, 0.25) is 6.79 Å². The molecular weight excluding hydrogens is 294 g/mol. The maximum Gasteiger partial charge on any atom is 0.231 e. The molecule has 6 heteroatoms. The second kappa shape index (κ2) is 9.12. The molecule has 1 aliphatic rings. The van der Waals surface area contributed by atoms with Crippen LogP contribution < -0.4 is 24.8 Å². The lowest BCUT2D eigenvalue weighted by Crippen LogP contribution is -2.39. The second-order valence-corrected chi connectivity index (χ2v) is 5.73. The van der Waals surface area contributed by atoms with Crippen molar-refractivity contribution in [2.75, 3.05) is 33.0 Å². The molecule has 6 nitrogen and oxygen atoms in total. The Morgan fingerprint density at radius 1 is 1.26 bits per heavy atom. The molecule has 0 fully saturated rings. The Bertz CT molecular complexity index is 518. The predicted molar refractivity (Wildman–Crippen MR) is 91.5 cm³/mol. The van der Waals surface area contributed by atoms with Gasteiger partial charge in [-0.25, -0.2) is 0 Å². The van der Waals surface area contributed by atoms with Crippen molar-refractivity contribution in [3.05, 3.63) is 18.2 Å². The van der Waals surface area contributed by atoms with Crippen LogP contribution in [0.2, 0.25) is 0 Å². The molecule has 1 aromatic carbocycles. The summed E-state index contributed by atoms with van der Waals surface area (Å²) in [6.45, 7) is 9.65. The first-order valence-electron chi connectivity index (χ1n) is 8.23. The van der Waals surface area contributed by atoms with Crippen LogP contribution in [0.4, 0.5) is 0 Å². The number of ether oxygens (including phenoxy) is 3. The molecule has 1 heterocycles. The zero-order chi connectivity index (χ0) is 16.5. The third-order valence-corrected chi connectivity index (χ3v) is 3.33. The van der Waals surface area contributed by atoms with Crippen molar-refractivity contribution in [1.82, 2.24) is 10.6 Å². The van der Waals surface area contributed by atoms with Gasteiger partial charge < -0.3 is 24.8 Å². The fraction of sp³-hybridized carbons (Fsp3) is 0.588. The SMILES string of the molecule is CCNC(=NCCC(C)C)NCCOc1ccc2c(c1)OCO2. The molecule has 2 rings (SSSR count). The Morgan fingerprint density at radius 3 is 2.87 bits per heavy atom. The van der Waals surface area contributed by atoms with E-state index in [1.807, 2.05) is 18.2 Å². The van der Waals surface area contributed by atoms with E-state index in [2.05, 4.69) is 36.4 Å². The fourth-order valence-corrected chi connectivity index (χ4v) is 2.08. The molecule has 0 atom stereocenters. The van der Waals surface area contributed by atoms with E-state index in [9.17, 15) is 0 Å². The number of guanidine groups is 1. The summed E-state index contributed by atoms with van der Waals surface area (Å²) in [6.07, 6.45) is 1.09. The highest BCUT2D eigenvalue weighted by atomic mass is 16.7. The van der Waals surface area contributed by atoms with Crippen LogP contribution in [0.25, 0.3) is 0 Å². The first-order valence-corrected chi connectivity index (χ1v) is 8.23. The Hall–Kier alpha value is -2.11. The predicted octanol–water partition coefficient (Wildman–Crippen LogP) is 2.40. The summed E-state index contributed by atoms with van der Waals surface area (Å²) in [5, 5.41) is 6.51. The first-order chi connectivity index (χ1) is 11.2. The minimum atomic E-state index is 0.277. The minimum absolute atomic E-state index is 0.277. The summed E-state index contributed by atoms with van der Waals surface area (Å²) in [5.74, 6) is 3.78. The van der Waals surface area contributed by atoms with E-state index in [0.29, 0.717) is 19.1 Å². The molecule has 1 aliphatic heterocycles. The topological polar surface area (TPSA) is 64.1 Å². The monoisotopic (exact) mass is 321 g/mol. The molecule has 1 aromatic rings. The lowest BCUT2D eigenvalue weighted by Gasteiger charge is -2.12. The van der Waals surface area contributed by atoms with E-state index < -0.39 is 0 Å². The second-order valence-electron chi connectivity index (χ2n) is 5.73. The molecule has 0 saturated heterocycles. The van der Waals surface area contributed by atoms with E-state index >= 15 is 0 Å². The van der Waals surface area contributed by atoms with Gasteiger partial charge in [0.15, 0.2) is 17.5 Å². The summed E-state index contributed by atoms with van der Waals surface area (Å²) in [5.41, 5.74) is 0. The smallest absolute Gasteiger partial charge is 0.231 e. The zero-order valence-electron chi connectivity index (χ0n) is 14.2. The van der Waals surface area contributed by atoms with Gasteiger partial charge in [-0.15, -0.1) is 0 Å². The largest absolute Gasteiger partial charge is 0.492 e. The summed E-state index contributed by atoms with van der Waals surface area (Å²) >= 11 is 0. The van der Waals surface area contributed by atoms with E-state index in [-0.39, 0.29) is 6.79 Å². The number of hydrogen-bond acceptors (Lipinski definition) is 4. The van der Waals surface area contributed by atoms with Crippen LogP contribution in [0.15, 0.2) is 23.2 Å². The standard InChI is InChI=1S/C17H27N3O3/c1-4-18-17(19-8-7-13(2)3)20-9-10-21-14-5-6-15-16(11-14)23-12-22-15/h5-6,11,13H,4,7-10,12H2,1-3H3,(H2,18,19,20). The van der Waals surface area contributed by atoms with Gasteiger partial charge in [0.05, 0.1) is 6.54 Å². The summed E-state index contributed by atoms with van der Waals surface area (Å²) in [7, 11) is 0. The highest BCUT2D eigenvalue weighted by molar-refractivity contribution is 5.79. The average molecular weight is 321 g/mol. The van der Waals surface area contributed by atoms with Crippen molar-refractivity contribution in [1.29, 1.82) is 0 Å². The maximum absolute atomic E-state index is 5.72. The molecule has 0 aliphatic carbocycles. The Morgan fingerprint density at radius 2 is 2.09 bits per heavy atom. The van der Waals surface area contributed by atoms with Gasteiger partial charge in [0.1, 0.15) is 12.4 Å². The molecule has 0 radical (unpaired) electrons. The number of rotatable bonds is 8. The van der Waals surface area contributed by atoms with Crippen molar-refractivity contribution >= 4 is 5.96 Å².